The fraction of sp³-hybridized carbons (Fsp3) is 0.273. The summed E-state index contributed by atoms with van der Waals surface area (Å²) in [5, 5.41) is 3.03. The molecule has 19 heavy (non-hydrogen) atoms. The molecule has 0 bridgehead atoms. The van der Waals surface area contributed by atoms with E-state index in [1.54, 1.807) is 19.1 Å². The van der Waals surface area contributed by atoms with Gasteiger partial charge in [-0.05, 0) is 16.7 Å². The van der Waals surface area contributed by atoms with Crippen molar-refractivity contribution in [3.05, 3.63) is 44.2 Å². The van der Waals surface area contributed by atoms with Gasteiger partial charge in [-0.2, -0.15) is 0 Å². The van der Waals surface area contributed by atoms with Crippen LogP contribution in [-0.2, 0) is 16.2 Å². The van der Waals surface area contributed by atoms with Crippen LogP contribution in [-0.4, -0.2) is 11.8 Å². The van der Waals surface area contributed by atoms with Crippen molar-refractivity contribution in [3.63, 3.8) is 0 Å². The van der Waals surface area contributed by atoms with Crippen LogP contribution in [0.3, 0.4) is 0 Å². The second kappa shape index (κ2) is 7.52. The Labute approximate surface area is 117 Å². The quantitative estimate of drug-likeness (QED) is 0.389. The maximum absolute atomic E-state index is 11.6. The number of nitrogens with zero attached hydrogens (tertiary/aromatic N) is 3. The number of carbonyl (C=O) groups excluding carboxylic acids is 2. The number of nitrogens with one attached hydrogen (secondary N) is 1. The SMILES string of the molecule is CCC(=O)NOCc1c(Br)cccc1C(=O)N=[N+]=[N-]. The lowest BCUT2D eigenvalue weighted by atomic mass is 10.1. The monoisotopic (exact) mass is 326 g/mol. The minimum absolute atomic E-state index is 0.0187. The summed E-state index contributed by atoms with van der Waals surface area (Å²) in [6, 6.07) is 4.87. The summed E-state index contributed by atoms with van der Waals surface area (Å²) >= 11 is 3.27. The maximum atomic E-state index is 11.6. The number of halogens is 1. The molecule has 0 radical (unpaired) electrons. The Morgan fingerprint density at radius 2 is 2.26 bits per heavy atom. The first-order valence-corrected chi connectivity index (χ1v) is 6.16. The molecule has 0 heterocycles. The predicted molar refractivity (Wildman–Crippen MR) is 70.8 cm³/mol. The van der Waals surface area contributed by atoms with Crippen LogP contribution in [0, 0.1) is 0 Å². The van der Waals surface area contributed by atoms with Crippen molar-refractivity contribution >= 4 is 27.7 Å². The zero-order valence-electron chi connectivity index (χ0n) is 10.1. The Balaban J connectivity index is 2.89. The van der Waals surface area contributed by atoms with E-state index in [1.165, 1.54) is 6.07 Å². The molecule has 7 nitrogen and oxygen atoms in total. The molecule has 100 valence electrons. The second-order valence-corrected chi connectivity index (χ2v) is 4.28. The molecule has 0 saturated heterocycles. The molecular weight excluding hydrogens is 316 g/mol. The maximum Gasteiger partial charge on any atom is 0.249 e. The molecule has 1 aromatic carbocycles. The Hall–Kier alpha value is -1.89. The van der Waals surface area contributed by atoms with Gasteiger partial charge in [-0.1, -0.05) is 35.0 Å². The van der Waals surface area contributed by atoms with Crippen LogP contribution in [0.15, 0.2) is 27.8 Å². The number of amides is 2. The molecule has 2 amide bonds. The highest BCUT2D eigenvalue weighted by Gasteiger charge is 2.13. The van der Waals surface area contributed by atoms with E-state index in [1.807, 2.05) is 0 Å². The summed E-state index contributed by atoms with van der Waals surface area (Å²) < 4.78 is 0.622. The summed E-state index contributed by atoms with van der Waals surface area (Å²) in [4.78, 5) is 30.1. The van der Waals surface area contributed by atoms with Gasteiger partial charge in [-0.3, -0.25) is 14.4 Å². The summed E-state index contributed by atoms with van der Waals surface area (Å²) in [6.45, 7) is 1.67. The van der Waals surface area contributed by atoms with Crippen molar-refractivity contribution < 1.29 is 14.4 Å². The summed E-state index contributed by atoms with van der Waals surface area (Å²) in [7, 11) is 0. The van der Waals surface area contributed by atoms with Gasteiger partial charge in [0.25, 0.3) is 0 Å². The van der Waals surface area contributed by atoms with Crippen molar-refractivity contribution in [1.82, 2.24) is 5.48 Å². The minimum Gasteiger partial charge on any atom is -0.287 e. The average Bonchev–Trinajstić information content (AvgIpc) is 2.40. The van der Waals surface area contributed by atoms with Crippen LogP contribution in [0.5, 0.6) is 0 Å². The first kappa shape index (κ1) is 15.2. The second-order valence-electron chi connectivity index (χ2n) is 3.43. The van der Waals surface area contributed by atoms with Crippen LogP contribution in [0.1, 0.15) is 29.3 Å². The molecule has 0 aromatic heterocycles. The topological polar surface area (TPSA) is 104 Å². The number of hydrogen-bond donors (Lipinski definition) is 1. The first-order chi connectivity index (χ1) is 9.10. The van der Waals surface area contributed by atoms with E-state index >= 15 is 0 Å². The molecule has 0 atom stereocenters. The Kier molecular flexibility index (Phi) is 6.01. The molecule has 1 N–H and O–H groups in total. The molecule has 8 heteroatoms. The number of hydrogen-bond acceptors (Lipinski definition) is 3. The van der Waals surface area contributed by atoms with Crippen LogP contribution < -0.4 is 5.48 Å². The van der Waals surface area contributed by atoms with Gasteiger partial charge in [0.1, 0.15) is 6.61 Å². The van der Waals surface area contributed by atoms with E-state index in [2.05, 4.69) is 31.4 Å². The van der Waals surface area contributed by atoms with Crippen LogP contribution in [0.25, 0.3) is 10.4 Å². The van der Waals surface area contributed by atoms with Gasteiger partial charge in [0.2, 0.25) is 11.8 Å². The smallest absolute Gasteiger partial charge is 0.249 e. The fourth-order valence-electron chi connectivity index (χ4n) is 1.26. The van der Waals surface area contributed by atoms with E-state index in [0.717, 1.165) is 0 Å². The number of rotatable bonds is 5. The van der Waals surface area contributed by atoms with E-state index in [4.69, 9.17) is 10.4 Å². The third kappa shape index (κ3) is 4.36. The molecule has 0 spiro atoms. The Morgan fingerprint density at radius 3 is 2.89 bits per heavy atom. The molecular formula is C11H11BrN4O3. The number of benzene rings is 1. The molecule has 0 fully saturated rings. The number of carbonyl (C=O) groups is 2. The standard InChI is InChI=1S/C11H11BrN4O3/c1-2-10(17)15-19-6-8-7(11(18)14-16-13)4-3-5-9(8)12/h3-5H,2,6H2,1H3,(H,15,17). The zero-order valence-corrected chi connectivity index (χ0v) is 11.7. The highest BCUT2D eigenvalue weighted by atomic mass is 79.9. The molecule has 0 saturated carbocycles. The van der Waals surface area contributed by atoms with Crippen molar-refractivity contribution in [3.8, 4) is 0 Å². The van der Waals surface area contributed by atoms with E-state index in [-0.39, 0.29) is 18.1 Å². The van der Waals surface area contributed by atoms with E-state index in [0.29, 0.717) is 16.5 Å². The predicted octanol–water partition coefficient (Wildman–Crippen LogP) is 2.86. The molecule has 0 aliphatic carbocycles. The van der Waals surface area contributed by atoms with Gasteiger partial charge >= 0.3 is 0 Å². The molecule has 0 aliphatic heterocycles. The van der Waals surface area contributed by atoms with E-state index < -0.39 is 5.91 Å². The van der Waals surface area contributed by atoms with Gasteiger partial charge in [-0.25, -0.2) is 5.48 Å². The van der Waals surface area contributed by atoms with Crippen molar-refractivity contribution in [1.29, 1.82) is 0 Å². The molecule has 1 rings (SSSR count). The van der Waals surface area contributed by atoms with Crippen molar-refractivity contribution in [2.24, 2.45) is 5.11 Å². The zero-order chi connectivity index (χ0) is 14.3. The minimum atomic E-state index is -0.704. The average molecular weight is 327 g/mol. The third-order valence-electron chi connectivity index (χ3n) is 2.21. The highest BCUT2D eigenvalue weighted by molar-refractivity contribution is 9.10. The van der Waals surface area contributed by atoms with Gasteiger partial charge < -0.3 is 0 Å². The van der Waals surface area contributed by atoms with Gasteiger partial charge in [0, 0.05) is 26.9 Å². The lowest BCUT2D eigenvalue weighted by molar-refractivity contribution is -0.134. The van der Waals surface area contributed by atoms with Crippen LogP contribution >= 0.6 is 15.9 Å². The number of azide groups is 1. The summed E-state index contributed by atoms with van der Waals surface area (Å²) in [5.74, 6) is -0.973. The number of hydroxylamine groups is 1. The van der Waals surface area contributed by atoms with Crippen LogP contribution in [0.2, 0.25) is 0 Å². The van der Waals surface area contributed by atoms with Gasteiger partial charge in [-0.15, -0.1) is 0 Å². The third-order valence-corrected chi connectivity index (χ3v) is 2.95. The first-order valence-electron chi connectivity index (χ1n) is 5.37. The summed E-state index contributed by atoms with van der Waals surface area (Å²) in [6.07, 6.45) is 0.292. The lowest BCUT2D eigenvalue weighted by Crippen LogP contribution is -2.22. The summed E-state index contributed by atoms with van der Waals surface area (Å²) in [5.41, 5.74) is 11.2. The van der Waals surface area contributed by atoms with E-state index in [9.17, 15) is 9.59 Å². The highest BCUT2D eigenvalue weighted by Crippen LogP contribution is 2.22. The Bertz CT molecular complexity index is 541. The molecule has 0 unspecified atom stereocenters. The van der Waals surface area contributed by atoms with Gasteiger partial charge in [0.05, 0.1) is 0 Å². The van der Waals surface area contributed by atoms with Crippen molar-refractivity contribution in [2.45, 2.75) is 20.0 Å². The largest absolute Gasteiger partial charge is 0.287 e. The lowest BCUT2D eigenvalue weighted by Gasteiger charge is -2.10. The Morgan fingerprint density at radius 1 is 1.53 bits per heavy atom. The molecule has 0 aliphatic rings. The van der Waals surface area contributed by atoms with Gasteiger partial charge in [0.15, 0.2) is 0 Å². The normalized spacial score (nSPS) is 9.58. The van der Waals surface area contributed by atoms with Crippen molar-refractivity contribution in [2.75, 3.05) is 0 Å². The molecule has 1 aromatic rings. The van der Waals surface area contributed by atoms with Crippen LogP contribution in [0.4, 0.5) is 0 Å². The fourth-order valence-corrected chi connectivity index (χ4v) is 1.74.